The maximum absolute atomic E-state index is 11.7. The normalized spacial score (nSPS) is 13.9. The molecule has 0 heterocycles. The SMILES string of the molecule is CN(C)C(N=S(C)(C)=O)c1ccccc1. The van der Waals surface area contributed by atoms with Gasteiger partial charge in [-0.3, -0.25) is 9.11 Å². The van der Waals surface area contributed by atoms with Crippen molar-refractivity contribution in [3.8, 4) is 0 Å². The Kier molecular flexibility index (Phi) is 3.88. The summed E-state index contributed by atoms with van der Waals surface area (Å²) < 4.78 is 16.0. The van der Waals surface area contributed by atoms with Gasteiger partial charge in [0, 0.05) is 22.2 Å². The van der Waals surface area contributed by atoms with Crippen molar-refractivity contribution < 1.29 is 4.21 Å². The molecule has 0 fully saturated rings. The van der Waals surface area contributed by atoms with Crippen LogP contribution in [0.25, 0.3) is 0 Å². The van der Waals surface area contributed by atoms with Crippen LogP contribution in [0.5, 0.6) is 0 Å². The maximum Gasteiger partial charge on any atom is 0.137 e. The first-order valence-electron chi connectivity index (χ1n) is 4.78. The fraction of sp³-hybridized carbons (Fsp3) is 0.455. The zero-order chi connectivity index (χ0) is 11.5. The van der Waals surface area contributed by atoms with Gasteiger partial charge in [-0.05, 0) is 19.7 Å². The van der Waals surface area contributed by atoms with Crippen LogP contribution < -0.4 is 0 Å². The molecule has 0 aliphatic carbocycles. The van der Waals surface area contributed by atoms with E-state index < -0.39 is 9.73 Å². The molecule has 0 bridgehead atoms. The molecular weight excluding hydrogens is 208 g/mol. The van der Waals surface area contributed by atoms with Crippen LogP contribution in [-0.4, -0.2) is 35.7 Å². The highest BCUT2D eigenvalue weighted by molar-refractivity contribution is 7.92. The van der Waals surface area contributed by atoms with E-state index in [4.69, 9.17) is 0 Å². The topological polar surface area (TPSA) is 32.7 Å². The lowest BCUT2D eigenvalue weighted by atomic mass is 10.2. The molecule has 0 aliphatic rings. The van der Waals surface area contributed by atoms with Crippen molar-refractivity contribution in [2.75, 3.05) is 26.6 Å². The number of hydrogen-bond acceptors (Lipinski definition) is 3. The molecule has 1 rings (SSSR count). The van der Waals surface area contributed by atoms with Crippen molar-refractivity contribution in [1.82, 2.24) is 4.90 Å². The Balaban J connectivity index is 3.11. The predicted octanol–water partition coefficient (Wildman–Crippen LogP) is 1.97. The number of rotatable bonds is 3. The largest absolute Gasteiger partial charge is 0.284 e. The van der Waals surface area contributed by atoms with Gasteiger partial charge in [-0.25, -0.2) is 4.36 Å². The quantitative estimate of drug-likeness (QED) is 0.789. The summed E-state index contributed by atoms with van der Waals surface area (Å²) in [6, 6.07) is 9.90. The summed E-state index contributed by atoms with van der Waals surface area (Å²) in [5.74, 6) is 0. The first-order valence-corrected chi connectivity index (χ1v) is 7.11. The highest BCUT2D eigenvalue weighted by atomic mass is 32.2. The average molecular weight is 226 g/mol. The molecule has 15 heavy (non-hydrogen) atoms. The Morgan fingerprint density at radius 1 is 1.20 bits per heavy atom. The highest BCUT2D eigenvalue weighted by Gasteiger charge is 2.12. The minimum atomic E-state index is -2.08. The summed E-state index contributed by atoms with van der Waals surface area (Å²) >= 11 is 0. The van der Waals surface area contributed by atoms with Crippen LogP contribution in [0.1, 0.15) is 11.7 Å². The Labute approximate surface area is 92.3 Å². The first-order chi connectivity index (χ1) is 6.90. The molecule has 1 aromatic carbocycles. The van der Waals surface area contributed by atoms with Gasteiger partial charge in [0.2, 0.25) is 0 Å². The molecule has 0 saturated carbocycles. The fourth-order valence-electron chi connectivity index (χ4n) is 1.32. The molecule has 0 radical (unpaired) electrons. The molecule has 1 aromatic rings. The Hall–Kier alpha value is -0.870. The summed E-state index contributed by atoms with van der Waals surface area (Å²) in [6.07, 6.45) is 3.19. The van der Waals surface area contributed by atoms with E-state index in [0.717, 1.165) is 5.56 Å². The van der Waals surface area contributed by atoms with Crippen molar-refractivity contribution in [1.29, 1.82) is 0 Å². The lowest BCUT2D eigenvalue weighted by Crippen LogP contribution is -2.19. The minimum Gasteiger partial charge on any atom is -0.284 e. The van der Waals surface area contributed by atoms with E-state index in [0.29, 0.717) is 0 Å². The third-order valence-electron chi connectivity index (χ3n) is 1.94. The van der Waals surface area contributed by atoms with Gasteiger partial charge < -0.3 is 0 Å². The molecule has 0 aliphatic heterocycles. The van der Waals surface area contributed by atoms with Crippen LogP contribution in [0.2, 0.25) is 0 Å². The van der Waals surface area contributed by atoms with Crippen molar-refractivity contribution >= 4 is 9.73 Å². The van der Waals surface area contributed by atoms with Crippen molar-refractivity contribution in [2.24, 2.45) is 4.36 Å². The second kappa shape index (κ2) is 4.77. The number of nitrogens with zero attached hydrogens (tertiary/aromatic N) is 2. The van der Waals surface area contributed by atoms with Crippen molar-refractivity contribution in [2.45, 2.75) is 6.17 Å². The molecule has 84 valence electrons. The van der Waals surface area contributed by atoms with E-state index in [1.807, 2.05) is 49.3 Å². The van der Waals surface area contributed by atoms with Crippen LogP contribution in [-0.2, 0) is 9.73 Å². The van der Waals surface area contributed by atoms with Crippen LogP contribution in [0, 0.1) is 0 Å². The predicted molar refractivity (Wildman–Crippen MR) is 65.3 cm³/mol. The third kappa shape index (κ3) is 4.01. The van der Waals surface area contributed by atoms with Crippen molar-refractivity contribution in [3.63, 3.8) is 0 Å². The zero-order valence-electron chi connectivity index (χ0n) is 9.68. The Morgan fingerprint density at radius 2 is 1.73 bits per heavy atom. The lowest BCUT2D eigenvalue weighted by Gasteiger charge is -2.21. The van der Waals surface area contributed by atoms with Gasteiger partial charge in [-0.15, -0.1) is 0 Å². The molecule has 0 aromatic heterocycles. The second-order valence-corrected chi connectivity index (χ2v) is 6.61. The van der Waals surface area contributed by atoms with E-state index in [9.17, 15) is 4.21 Å². The van der Waals surface area contributed by atoms with Gasteiger partial charge in [0.05, 0.1) is 0 Å². The Bertz CT molecular complexity index is 411. The zero-order valence-corrected chi connectivity index (χ0v) is 10.5. The van der Waals surface area contributed by atoms with Crippen LogP contribution in [0.15, 0.2) is 34.7 Å². The summed E-state index contributed by atoms with van der Waals surface area (Å²) in [5.41, 5.74) is 1.07. The van der Waals surface area contributed by atoms with Gasteiger partial charge in [0.15, 0.2) is 0 Å². The molecule has 0 amide bonds. The first kappa shape index (κ1) is 12.2. The third-order valence-corrected chi connectivity index (χ3v) is 2.65. The minimum absolute atomic E-state index is 0.131. The van der Waals surface area contributed by atoms with E-state index in [2.05, 4.69) is 4.36 Å². The standard InChI is InChI=1S/C11H18N2OS/c1-13(2)11(12-15(3,4)14)10-8-6-5-7-9-10/h5-9,11H,1-4H3. The lowest BCUT2D eigenvalue weighted by molar-refractivity contribution is 0.311. The van der Waals surface area contributed by atoms with Gasteiger partial charge in [0.25, 0.3) is 0 Å². The molecule has 4 heteroatoms. The van der Waals surface area contributed by atoms with E-state index in [-0.39, 0.29) is 6.17 Å². The molecular formula is C11H18N2OS. The Morgan fingerprint density at radius 3 is 2.13 bits per heavy atom. The monoisotopic (exact) mass is 226 g/mol. The fourth-order valence-corrected chi connectivity index (χ4v) is 2.11. The van der Waals surface area contributed by atoms with Gasteiger partial charge in [-0.1, -0.05) is 30.3 Å². The van der Waals surface area contributed by atoms with E-state index in [1.54, 1.807) is 12.5 Å². The molecule has 3 nitrogen and oxygen atoms in total. The van der Waals surface area contributed by atoms with Crippen molar-refractivity contribution in [3.05, 3.63) is 35.9 Å². The summed E-state index contributed by atoms with van der Waals surface area (Å²) in [5, 5.41) is 0. The van der Waals surface area contributed by atoms with Gasteiger partial charge in [-0.2, -0.15) is 0 Å². The summed E-state index contributed by atoms with van der Waals surface area (Å²) in [6.45, 7) is 0. The van der Waals surface area contributed by atoms with Crippen LogP contribution >= 0.6 is 0 Å². The summed E-state index contributed by atoms with van der Waals surface area (Å²) in [7, 11) is 1.79. The molecule has 0 saturated heterocycles. The smallest absolute Gasteiger partial charge is 0.137 e. The second-order valence-electron chi connectivity index (χ2n) is 4.03. The number of hydrogen-bond donors (Lipinski definition) is 0. The number of benzene rings is 1. The maximum atomic E-state index is 11.7. The van der Waals surface area contributed by atoms with E-state index >= 15 is 0 Å². The van der Waals surface area contributed by atoms with E-state index in [1.165, 1.54) is 0 Å². The van der Waals surface area contributed by atoms with Gasteiger partial charge in [0.1, 0.15) is 6.17 Å². The van der Waals surface area contributed by atoms with Crippen LogP contribution in [0.4, 0.5) is 0 Å². The van der Waals surface area contributed by atoms with Crippen LogP contribution in [0.3, 0.4) is 0 Å². The molecule has 1 atom stereocenters. The average Bonchev–Trinajstić information content (AvgIpc) is 2.14. The molecule has 0 spiro atoms. The highest BCUT2D eigenvalue weighted by Crippen LogP contribution is 2.20. The summed E-state index contributed by atoms with van der Waals surface area (Å²) in [4.78, 5) is 1.96. The molecule has 0 N–H and O–H groups in total. The van der Waals surface area contributed by atoms with Gasteiger partial charge >= 0.3 is 0 Å². The molecule has 1 unspecified atom stereocenters.